The molecule has 0 aliphatic carbocycles. The maximum Gasteiger partial charge on any atom is 0.188 e. The topological polar surface area (TPSA) is 53.6 Å². The highest BCUT2D eigenvalue weighted by atomic mass is 15.2. The van der Waals surface area contributed by atoms with Crippen molar-refractivity contribution >= 4 is 5.96 Å². The number of hydrogen-bond acceptors (Lipinski definition) is 2. The van der Waals surface area contributed by atoms with Crippen LogP contribution < -0.4 is 11.1 Å². The van der Waals surface area contributed by atoms with Crippen LogP contribution in [0, 0.1) is 0 Å². The SMILES string of the molecule is CCCCCCNC(N)=NCCCN(C(C)C)C(C)C. The Morgan fingerprint density at radius 1 is 1.05 bits per heavy atom. The van der Waals surface area contributed by atoms with E-state index in [9.17, 15) is 0 Å². The van der Waals surface area contributed by atoms with E-state index in [0.717, 1.165) is 26.1 Å². The lowest BCUT2D eigenvalue weighted by molar-refractivity contribution is 0.174. The van der Waals surface area contributed by atoms with Crippen molar-refractivity contribution in [2.24, 2.45) is 10.7 Å². The lowest BCUT2D eigenvalue weighted by Crippen LogP contribution is -2.38. The van der Waals surface area contributed by atoms with Crippen molar-refractivity contribution in [2.75, 3.05) is 19.6 Å². The zero-order chi connectivity index (χ0) is 15.4. The molecule has 0 aliphatic rings. The minimum atomic E-state index is 0.591. The van der Waals surface area contributed by atoms with E-state index in [1.807, 2.05) is 0 Å². The van der Waals surface area contributed by atoms with E-state index in [2.05, 4.69) is 49.8 Å². The zero-order valence-electron chi connectivity index (χ0n) is 14.3. The molecule has 0 fully saturated rings. The molecule has 0 spiro atoms. The van der Waals surface area contributed by atoms with Gasteiger partial charge in [-0.1, -0.05) is 26.2 Å². The molecule has 0 bridgehead atoms. The Kier molecular flexibility index (Phi) is 11.5. The fourth-order valence-electron chi connectivity index (χ4n) is 2.39. The van der Waals surface area contributed by atoms with E-state index in [1.165, 1.54) is 25.7 Å². The Hall–Kier alpha value is -0.770. The third kappa shape index (κ3) is 10.1. The average Bonchev–Trinajstić information content (AvgIpc) is 2.37. The second-order valence-corrected chi connectivity index (χ2v) is 6.03. The summed E-state index contributed by atoms with van der Waals surface area (Å²) in [5.41, 5.74) is 5.85. The van der Waals surface area contributed by atoms with Crippen LogP contribution in [0.25, 0.3) is 0 Å². The molecule has 0 radical (unpaired) electrons. The van der Waals surface area contributed by atoms with Crippen LogP contribution in [0.4, 0.5) is 0 Å². The molecule has 0 aromatic carbocycles. The summed E-state index contributed by atoms with van der Waals surface area (Å²) in [6, 6.07) is 1.18. The second kappa shape index (κ2) is 12.0. The Labute approximate surface area is 126 Å². The van der Waals surface area contributed by atoms with Gasteiger partial charge >= 0.3 is 0 Å². The predicted molar refractivity (Wildman–Crippen MR) is 90.2 cm³/mol. The molecule has 0 aromatic rings. The molecular weight excluding hydrogens is 248 g/mol. The van der Waals surface area contributed by atoms with Crippen molar-refractivity contribution in [3.8, 4) is 0 Å². The third-order valence-corrected chi connectivity index (χ3v) is 3.52. The summed E-state index contributed by atoms with van der Waals surface area (Å²) in [6.07, 6.45) is 6.09. The number of aliphatic imine (C=N–C) groups is 1. The Morgan fingerprint density at radius 2 is 1.70 bits per heavy atom. The van der Waals surface area contributed by atoms with Gasteiger partial charge in [-0.15, -0.1) is 0 Å². The van der Waals surface area contributed by atoms with Gasteiger partial charge in [0.15, 0.2) is 5.96 Å². The molecule has 3 N–H and O–H groups in total. The van der Waals surface area contributed by atoms with Crippen molar-refractivity contribution < 1.29 is 0 Å². The van der Waals surface area contributed by atoms with E-state index < -0.39 is 0 Å². The number of guanidine groups is 1. The molecule has 0 heterocycles. The van der Waals surface area contributed by atoms with Crippen LogP contribution in [0.3, 0.4) is 0 Å². The summed E-state index contributed by atoms with van der Waals surface area (Å²) in [5, 5.41) is 3.19. The minimum Gasteiger partial charge on any atom is -0.370 e. The molecule has 0 amide bonds. The van der Waals surface area contributed by atoms with Gasteiger partial charge in [-0.05, 0) is 40.5 Å². The Morgan fingerprint density at radius 3 is 2.25 bits per heavy atom. The molecule has 0 aromatic heterocycles. The van der Waals surface area contributed by atoms with Crippen LogP contribution in [0.15, 0.2) is 4.99 Å². The van der Waals surface area contributed by atoms with Gasteiger partial charge in [-0.25, -0.2) is 0 Å². The van der Waals surface area contributed by atoms with Crippen LogP contribution in [0.5, 0.6) is 0 Å². The maximum atomic E-state index is 5.85. The normalized spacial score (nSPS) is 12.7. The number of unbranched alkanes of at least 4 members (excludes halogenated alkanes) is 3. The smallest absolute Gasteiger partial charge is 0.188 e. The first-order valence-electron chi connectivity index (χ1n) is 8.28. The highest BCUT2D eigenvalue weighted by molar-refractivity contribution is 5.77. The van der Waals surface area contributed by atoms with Crippen LogP contribution in [-0.2, 0) is 0 Å². The highest BCUT2D eigenvalue weighted by Crippen LogP contribution is 2.05. The number of nitrogens with two attached hydrogens (primary N) is 1. The van der Waals surface area contributed by atoms with Gasteiger partial charge in [0.2, 0.25) is 0 Å². The summed E-state index contributed by atoms with van der Waals surface area (Å²) < 4.78 is 0. The van der Waals surface area contributed by atoms with Gasteiger partial charge in [0.25, 0.3) is 0 Å². The van der Waals surface area contributed by atoms with E-state index in [1.54, 1.807) is 0 Å². The third-order valence-electron chi connectivity index (χ3n) is 3.52. The van der Waals surface area contributed by atoms with Crippen molar-refractivity contribution in [3.05, 3.63) is 0 Å². The van der Waals surface area contributed by atoms with E-state index in [0.29, 0.717) is 18.0 Å². The first-order chi connectivity index (χ1) is 9.49. The van der Waals surface area contributed by atoms with Gasteiger partial charge in [-0.3, -0.25) is 9.89 Å². The van der Waals surface area contributed by atoms with Crippen LogP contribution in [-0.4, -0.2) is 42.6 Å². The van der Waals surface area contributed by atoms with Gasteiger partial charge in [0.05, 0.1) is 0 Å². The Bertz CT molecular complexity index is 241. The number of rotatable bonds is 11. The first-order valence-corrected chi connectivity index (χ1v) is 8.28. The summed E-state index contributed by atoms with van der Waals surface area (Å²) >= 11 is 0. The molecule has 0 unspecified atom stereocenters. The summed E-state index contributed by atoms with van der Waals surface area (Å²) in [7, 11) is 0. The average molecular weight is 284 g/mol. The van der Waals surface area contributed by atoms with Gasteiger partial charge in [0.1, 0.15) is 0 Å². The van der Waals surface area contributed by atoms with Crippen LogP contribution >= 0.6 is 0 Å². The summed E-state index contributed by atoms with van der Waals surface area (Å²) in [6.45, 7) is 14.0. The molecule has 4 nitrogen and oxygen atoms in total. The van der Waals surface area contributed by atoms with E-state index >= 15 is 0 Å². The number of nitrogens with zero attached hydrogens (tertiary/aromatic N) is 2. The van der Waals surface area contributed by atoms with Gasteiger partial charge < -0.3 is 11.1 Å². The fraction of sp³-hybridized carbons (Fsp3) is 0.938. The largest absolute Gasteiger partial charge is 0.370 e. The minimum absolute atomic E-state index is 0.591. The lowest BCUT2D eigenvalue weighted by Gasteiger charge is -2.30. The molecule has 4 heteroatoms. The molecule has 0 atom stereocenters. The van der Waals surface area contributed by atoms with Crippen molar-refractivity contribution in [2.45, 2.75) is 78.8 Å². The van der Waals surface area contributed by atoms with Crippen molar-refractivity contribution in [3.63, 3.8) is 0 Å². The van der Waals surface area contributed by atoms with Crippen molar-refractivity contribution in [1.82, 2.24) is 10.2 Å². The van der Waals surface area contributed by atoms with E-state index in [-0.39, 0.29) is 0 Å². The van der Waals surface area contributed by atoms with Gasteiger partial charge in [0, 0.05) is 31.7 Å². The van der Waals surface area contributed by atoms with Crippen LogP contribution in [0.1, 0.15) is 66.7 Å². The maximum absolute atomic E-state index is 5.85. The lowest BCUT2D eigenvalue weighted by atomic mass is 10.2. The monoisotopic (exact) mass is 284 g/mol. The molecular formula is C16H36N4. The first kappa shape index (κ1) is 19.2. The number of nitrogens with one attached hydrogen (secondary N) is 1. The number of hydrogen-bond donors (Lipinski definition) is 2. The van der Waals surface area contributed by atoms with E-state index in [4.69, 9.17) is 5.73 Å². The van der Waals surface area contributed by atoms with Gasteiger partial charge in [-0.2, -0.15) is 0 Å². The molecule has 120 valence electrons. The quantitative estimate of drug-likeness (QED) is 0.348. The molecule has 0 rings (SSSR count). The zero-order valence-corrected chi connectivity index (χ0v) is 14.3. The van der Waals surface area contributed by atoms with Crippen LogP contribution in [0.2, 0.25) is 0 Å². The standard InChI is InChI=1S/C16H36N4/c1-6-7-8-9-11-18-16(17)19-12-10-13-20(14(2)3)15(4)5/h14-15H,6-13H2,1-5H3,(H3,17,18,19). The second-order valence-electron chi connectivity index (χ2n) is 6.03. The predicted octanol–water partition coefficient (Wildman–Crippen LogP) is 2.98. The molecule has 0 aliphatic heterocycles. The highest BCUT2D eigenvalue weighted by Gasteiger charge is 2.11. The molecule has 0 saturated heterocycles. The summed E-state index contributed by atoms with van der Waals surface area (Å²) in [4.78, 5) is 6.88. The summed E-state index contributed by atoms with van der Waals surface area (Å²) in [5.74, 6) is 0.599. The van der Waals surface area contributed by atoms with Crippen molar-refractivity contribution in [1.29, 1.82) is 0 Å². The molecule has 0 saturated carbocycles. The Balaban J connectivity index is 3.71. The fourth-order valence-corrected chi connectivity index (χ4v) is 2.39. The molecule has 20 heavy (non-hydrogen) atoms.